The second-order valence-corrected chi connectivity index (χ2v) is 6.69. The second-order valence-electron chi connectivity index (χ2n) is 5.39. The number of carbonyl (C=O) groups excluding carboxylic acids is 1. The van der Waals surface area contributed by atoms with Gasteiger partial charge in [0.1, 0.15) is 5.75 Å². The zero-order valence-electron chi connectivity index (χ0n) is 13.8. The van der Waals surface area contributed by atoms with Crippen LogP contribution in [-0.4, -0.2) is 27.8 Å². The number of methoxy groups -OCH3 is 1. The molecule has 1 amide bonds. The molecule has 0 bridgehead atoms. The van der Waals surface area contributed by atoms with Crippen molar-refractivity contribution in [2.75, 3.05) is 7.11 Å². The molecule has 0 radical (unpaired) electrons. The summed E-state index contributed by atoms with van der Waals surface area (Å²) in [5, 5.41) is 0.345. The number of ether oxygens (including phenoxy) is 1. The van der Waals surface area contributed by atoms with Crippen LogP contribution in [0.25, 0.3) is 16.6 Å². The first-order valence-electron chi connectivity index (χ1n) is 7.64. The molecule has 3 rings (SSSR count). The Labute approximate surface area is 148 Å². The number of carbonyl (C=O) groups is 1. The van der Waals surface area contributed by atoms with Crippen LogP contribution >= 0.6 is 11.8 Å². The molecule has 0 saturated heterocycles. The number of amides is 1. The molecule has 25 heavy (non-hydrogen) atoms. The van der Waals surface area contributed by atoms with E-state index in [-0.39, 0.29) is 5.56 Å². The Balaban J connectivity index is 2.32. The minimum atomic E-state index is -0.533. The van der Waals surface area contributed by atoms with E-state index in [0.717, 1.165) is 11.8 Å². The van der Waals surface area contributed by atoms with E-state index in [1.165, 1.54) is 11.7 Å². The number of para-hydroxylation sites is 3. The monoisotopic (exact) mass is 355 g/mol. The highest BCUT2D eigenvalue weighted by molar-refractivity contribution is 8.00. The van der Waals surface area contributed by atoms with E-state index >= 15 is 0 Å². The van der Waals surface area contributed by atoms with E-state index in [1.54, 1.807) is 37.3 Å². The van der Waals surface area contributed by atoms with E-state index < -0.39 is 11.2 Å². The number of fused-ring (bicyclic) bond motifs is 1. The van der Waals surface area contributed by atoms with Crippen LogP contribution in [0.1, 0.15) is 6.92 Å². The number of rotatable bonds is 5. The quantitative estimate of drug-likeness (QED) is 0.561. The van der Waals surface area contributed by atoms with Gasteiger partial charge in [-0.25, -0.2) is 4.98 Å². The molecule has 0 spiro atoms. The number of hydrogen-bond donors (Lipinski definition) is 1. The van der Waals surface area contributed by atoms with Crippen molar-refractivity contribution in [1.82, 2.24) is 9.55 Å². The van der Waals surface area contributed by atoms with Crippen LogP contribution in [0, 0.1) is 0 Å². The predicted octanol–water partition coefficient (Wildman–Crippen LogP) is 2.36. The normalized spacial score (nSPS) is 12.1. The van der Waals surface area contributed by atoms with Crippen LogP contribution in [0.15, 0.2) is 58.5 Å². The average Bonchev–Trinajstić information content (AvgIpc) is 2.62. The molecular formula is C18H17N3O3S. The van der Waals surface area contributed by atoms with Crippen LogP contribution in [0.5, 0.6) is 5.75 Å². The topological polar surface area (TPSA) is 87.2 Å². The van der Waals surface area contributed by atoms with Gasteiger partial charge in [0.25, 0.3) is 5.56 Å². The van der Waals surface area contributed by atoms with E-state index in [9.17, 15) is 9.59 Å². The average molecular weight is 355 g/mol. The van der Waals surface area contributed by atoms with Crippen LogP contribution in [0.4, 0.5) is 0 Å². The third-order valence-corrected chi connectivity index (χ3v) is 4.82. The summed E-state index contributed by atoms with van der Waals surface area (Å²) in [5.41, 5.74) is 6.28. The second kappa shape index (κ2) is 6.98. The van der Waals surface area contributed by atoms with Gasteiger partial charge in [0, 0.05) is 0 Å². The lowest BCUT2D eigenvalue weighted by Gasteiger charge is -2.17. The van der Waals surface area contributed by atoms with Crippen LogP contribution < -0.4 is 16.0 Å². The highest BCUT2D eigenvalue weighted by atomic mass is 32.2. The van der Waals surface area contributed by atoms with Crippen molar-refractivity contribution in [3.05, 3.63) is 58.9 Å². The van der Waals surface area contributed by atoms with E-state index in [0.29, 0.717) is 27.5 Å². The molecule has 1 aromatic heterocycles. The maximum atomic E-state index is 13.1. The highest BCUT2D eigenvalue weighted by Gasteiger charge is 2.20. The molecule has 0 unspecified atom stereocenters. The van der Waals surface area contributed by atoms with Crippen molar-refractivity contribution in [3.8, 4) is 11.4 Å². The molecule has 128 valence electrons. The summed E-state index contributed by atoms with van der Waals surface area (Å²) in [5.74, 6) is 0.0641. The number of aromatic nitrogens is 2. The lowest BCUT2D eigenvalue weighted by atomic mass is 10.2. The molecule has 1 heterocycles. The summed E-state index contributed by atoms with van der Waals surface area (Å²) in [6, 6.07) is 14.3. The molecule has 0 saturated carbocycles. The van der Waals surface area contributed by atoms with Crippen LogP contribution in [0.3, 0.4) is 0 Å². The zero-order chi connectivity index (χ0) is 18.0. The summed E-state index contributed by atoms with van der Waals surface area (Å²) < 4.78 is 6.85. The van der Waals surface area contributed by atoms with Gasteiger partial charge in [-0.2, -0.15) is 0 Å². The first-order chi connectivity index (χ1) is 12.0. The molecule has 6 nitrogen and oxygen atoms in total. The summed E-state index contributed by atoms with van der Waals surface area (Å²) in [4.78, 5) is 29.2. The fourth-order valence-electron chi connectivity index (χ4n) is 2.43. The Kier molecular flexibility index (Phi) is 4.76. The minimum Gasteiger partial charge on any atom is -0.495 e. The summed E-state index contributed by atoms with van der Waals surface area (Å²) in [7, 11) is 1.54. The number of nitrogens with two attached hydrogens (primary N) is 1. The maximum absolute atomic E-state index is 13.1. The van der Waals surface area contributed by atoms with Crippen molar-refractivity contribution in [2.24, 2.45) is 5.73 Å². The predicted molar refractivity (Wildman–Crippen MR) is 98.4 cm³/mol. The van der Waals surface area contributed by atoms with Crippen molar-refractivity contribution < 1.29 is 9.53 Å². The number of primary amides is 1. The smallest absolute Gasteiger partial charge is 0.266 e. The van der Waals surface area contributed by atoms with Crippen LogP contribution in [-0.2, 0) is 4.79 Å². The third kappa shape index (κ3) is 3.23. The molecule has 0 aliphatic heterocycles. The molecule has 2 aromatic carbocycles. The lowest BCUT2D eigenvalue weighted by molar-refractivity contribution is -0.117. The van der Waals surface area contributed by atoms with Crippen LogP contribution in [0.2, 0.25) is 0 Å². The fourth-order valence-corrected chi connectivity index (χ4v) is 3.30. The Morgan fingerprint density at radius 2 is 1.88 bits per heavy atom. The van der Waals surface area contributed by atoms with Gasteiger partial charge >= 0.3 is 0 Å². The van der Waals surface area contributed by atoms with Gasteiger partial charge in [0.05, 0.1) is 29.0 Å². The first-order valence-corrected chi connectivity index (χ1v) is 8.52. The Morgan fingerprint density at radius 3 is 2.60 bits per heavy atom. The van der Waals surface area contributed by atoms with Gasteiger partial charge < -0.3 is 10.5 Å². The van der Waals surface area contributed by atoms with E-state index in [4.69, 9.17) is 10.5 Å². The SMILES string of the molecule is COc1ccccc1-n1c(S[C@@H](C)C(N)=O)nc2ccccc2c1=O. The maximum Gasteiger partial charge on any atom is 0.266 e. The third-order valence-electron chi connectivity index (χ3n) is 3.75. The molecule has 3 aromatic rings. The standard InChI is InChI=1S/C18H17N3O3S/c1-11(16(19)22)25-18-20-13-8-4-3-7-12(13)17(23)21(18)14-9-5-6-10-15(14)24-2/h3-11H,1-2H3,(H2,19,22)/t11-/m0/s1. The zero-order valence-corrected chi connectivity index (χ0v) is 14.6. The van der Waals surface area contributed by atoms with E-state index in [2.05, 4.69) is 4.98 Å². The minimum absolute atomic E-state index is 0.228. The molecular weight excluding hydrogens is 338 g/mol. The van der Waals surface area contributed by atoms with Gasteiger partial charge in [-0.3, -0.25) is 14.2 Å². The summed E-state index contributed by atoms with van der Waals surface area (Å²) in [6.45, 7) is 1.68. The highest BCUT2D eigenvalue weighted by Crippen LogP contribution is 2.28. The van der Waals surface area contributed by atoms with Crippen molar-refractivity contribution in [1.29, 1.82) is 0 Å². The number of nitrogens with zero attached hydrogens (tertiary/aromatic N) is 2. The molecule has 1 atom stereocenters. The summed E-state index contributed by atoms with van der Waals surface area (Å²) in [6.07, 6.45) is 0. The Bertz CT molecular complexity index is 1000. The van der Waals surface area contributed by atoms with E-state index in [1.807, 2.05) is 18.2 Å². The van der Waals surface area contributed by atoms with Crippen molar-refractivity contribution >= 4 is 28.6 Å². The molecule has 0 aliphatic rings. The molecule has 0 fully saturated rings. The number of benzene rings is 2. The van der Waals surface area contributed by atoms with Crippen molar-refractivity contribution in [3.63, 3.8) is 0 Å². The number of thioether (sulfide) groups is 1. The molecule has 0 aliphatic carbocycles. The Morgan fingerprint density at radius 1 is 1.20 bits per heavy atom. The van der Waals surface area contributed by atoms with Gasteiger partial charge in [-0.05, 0) is 31.2 Å². The number of hydrogen-bond acceptors (Lipinski definition) is 5. The first kappa shape index (κ1) is 17.0. The van der Waals surface area contributed by atoms with Gasteiger partial charge in [0.2, 0.25) is 5.91 Å². The van der Waals surface area contributed by atoms with Gasteiger partial charge in [-0.15, -0.1) is 0 Å². The Hall–Kier alpha value is -2.80. The molecule has 2 N–H and O–H groups in total. The largest absolute Gasteiger partial charge is 0.495 e. The summed E-state index contributed by atoms with van der Waals surface area (Å²) >= 11 is 1.14. The lowest BCUT2D eigenvalue weighted by Crippen LogP contribution is -2.26. The van der Waals surface area contributed by atoms with Gasteiger partial charge in [0.15, 0.2) is 5.16 Å². The fraction of sp³-hybridized carbons (Fsp3) is 0.167. The molecule has 7 heteroatoms. The van der Waals surface area contributed by atoms with Crippen molar-refractivity contribution in [2.45, 2.75) is 17.3 Å². The van der Waals surface area contributed by atoms with Gasteiger partial charge in [-0.1, -0.05) is 36.0 Å².